The first-order chi connectivity index (χ1) is 9.65. The van der Waals surface area contributed by atoms with Gasteiger partial charge in [0.1, 0.15) is 5.65 Å². The van der Waals surface area contributed by atoms with E-state index >= 15 is 0 Å². The average Bonchev–Trinajstić information content (AvgIpc) is 2.44. The van der Waals surface area contributed by atoms with E-state index in [1.54, 1.807) is 10.6 Å². The van der Waals surface area contributed by atoms with Crippen LogP contribution in [0.4, 0.5) is 0 Å². The van der Waals surface area contributed by atoms with Gasteiger partial charge in [0, 0.05) is 11.1 Å². The van der Waals surface area contributed by atoms with E-state index in [2.05, 4.69) is 4.98 Å². The van der Waals surface area contributed by atoms with Crippen LogP contribution in [0.3, 0.4) is 0 Å². The van der Waals surface area contributed by atoms with Crippen LogP contribution in [0.25, 0.3) is 5.65 Å². The van der Waals surface area contributed by atoms with Crippen molar-refractivity contribution in [2.75, 3.05) is 0 Å². The van der Waals surface area contributed by atoms with Gasteiger partial charge in [-0.25, -0.2) is 4.98 Å². The highest BCUT2D eigenvalue weighted by Gasteiger charge is 2.11. The maximum Gasteiger partial charge on any atom is 0.272 e. The van der Waals surface area contributed by atoms with Crippen LogP contribution < -0.4 is 5.56 Å². The second-order valence-electron chi connectivity index (χ2n) is 4.68. The number of pyridine rings is 1. The van der Waals surface area contributed by atoms with Crippen LogP contribution in [0, 0.1) is 13.8 Å². The molecule has 0 radical (unpaired) electrons. The third kappa shape index (κ3) is 2.34. The predicted molar refractivity (Wildman–Crippen MR) is 81.5 cm³/mol. The molecule has 3 rings (SSSR count). The Hall–Kier alpha value is -2.07. The number of fused-ring (bicyclic) bond motifs is 1. The van der Waals surface area contributed by atoms with E-state index in [0.29, 0.717) is 10.5 Å². The number of benzene rings is 1. The van der Waals surface area contributed by atoms with E-state index < -0.39 is 0 Å². The maximum absolute atomic E-state index is 12.6. The summed E-state index contributed by atoms with van der Waals surface area (Å²) in [6, 6.07) is 13.7. The van der Waals surface area contributed by atoms with Gasteiger partial charge in [-0.2, -0.15) is 0 Å². The first-order valence-electron chi connectivity index (χ1n) is 6.38. The van der Waals surface area contributed by atoms with Gasteiger partial charge in [-0.1, -0.05) is 30.0 Å². The van der Waals surface area contributed by atoms with E-state index in [0.717, 1.165) is 16.2 Å². The highest BCUT2D eigenvalue weighted by molar-refractivity contribution is 7.99. The number of hydrogen-bond acceptors (Lipinski definition) is 3. The van der Waals surface area contributed by atoms with Gasteiger partial charge in [-0.15, -0.1) is 0 Å². The minimum absolute atomic E-state index is 0.0126. The molecule has 100 valence electrons. The molecule has 20 heavy (non-hydrogen) atoms. The van der Waals surface area contributed by atoms with Gasteiger partial charge < -0.3 is 0 Å². The van der Waals surface area contributed by atoms with Crippen molar-refractivity contribution in [3.8, 4) is 0 Å². The summed E-state index contributed by atoms with van der Waals surface area (Å²) in [5.74, 6) is 0. The fourth-order valence-corrected chi connectivity index (χ4v) is 2.97. The number of aromatic nitrogens is 2. The summed E-state index contributed by atoms with van der Waals surface area (Å²) >= 11 is 1.46. The summed E-state index contributed by atoms with van der Waals surface area (Å²) in [5.41, 5.74) is 2.56. The summed E-state index contributed by atoms with van der Waals surface area (Å²) in [7, 11) is 0. The highest BCUT2D eigenvalue weighted by Crippen LogP contribution is 2.26. The molecule has 0 atom stereocenters. The zero-order chi connectivity index (χ0) is 14.1. The number of hydrogen-bond donors (Lipinski definition) is 0. The van der Waals surface area contributed by atoms with E-state index in [1.165, 1.54) is 11.8 Å². The summed E-state index contributed by atoms with van der Waals surface area (Å²) < 4.78 is 1.60. The molecule has 3 aromatic rings. The van der Waals surface area contributed by atoms with Crippen LogP contribution in [0.15, 0.2) is 63.2 Å². The van der Waals surface area contributed by atoms with Crippen LogP contribution in [-0.4, -0.2) is 9.38 Å². The molecule has 1 aromatic carbocycles. The summed E-state index contributed by atoms with van der Waals surface area (Å²) in [6.07, 6.45) is 1.79. The molecule has 3 nitrogen and oxygen atoms in total. The monoisotopic (exact) mass is 282 g/mol. The normalized spacial score (nSPS) is 10.9. The highest BCUT2D eigenvalue weighted by atomic mass is 32.2. The zero-order valence-electron chi connectivity index (χ0n) is 11.3. The van der Waals surface area contributed by atoms with Gasteiger partial charge in [-0.3, -0.25) is 9.20 Å². The Bertz CT molecular complexity index is 825. The number of nitrogens with zero attached hydrogens (tertiary/aromatic N) is 2. The lowest BCUT2D eigenvalue weighted by Gasteiger charge is -2.08. The topological polar surface area (TPSA) is 34.4 Å². The predicted octanol–water partition coefficient (Wildman–Crippen LogP) is 3.46. The van der Waals surface area contributed by atoms with E-state index in [4.69, 9.17) is 0 Å². The van der Waals surface area contributed by atoms with Crippen molar-refractivity contribution in [1.29, 1.82) is 0 Å². The van der Waals surface area contributed by atoms with Crippen molar-refractivity contribution in [2.45, 2.75) is 23.6 Å². The molecular weight excluding hydrogens is 268 g/mol. The lowest BCUT2D eigenvalue weighted by molar-refractivity contribution is 0.945. The second-order valence-corrected chi connectivity index (χ2v) is 5.76. The lowest BCUT2D eigenvalue weighted by atomic mass is 10.3. The molecule has 2 aromatic heterocycles. The molecular formula is C16H14N2OS. The Labute approximate surface area is 121 Å². The van der Waals surface area contributed by atoms with Gasteiger partial charge in [0.05, 0.1) is 10.6 Å². The SMILES string of the molecule is Cc1ccn2c(=O)c(Sc3ccccc3)c(C)nc2c1. The standard InChI is InChI=1S/C16H14N2OS/c1-11-8-9-18-14(10-11)17-12(2)15(16(18)19)20-13-6-4-3-5-7-13/h3-10H,1-2H3. The summed E-state index contributed by atoms with van der Waals surface area (Å²) in [6.45, 7) is 3.88. The Morgan fingerprint density at radius 3 is 2.60 bits per heavy atom. The number of rotatable bonds is 2. The summed E-state index contributed by atoms with van der Waals surface area (Å²) in [5, 5.41) is 0. The molecule has 0 amide bonds. The van der Waals surface area contributed by atoms with Crippen LogP contribution in [0.2, 0.25) is 0 Å². The summed E-state index contributed by atoms with van der Waals surface area (Å²) in [4.78, 5) is 18.8. The molecule has 0 fully saturated rings. The lowest BCUT2D eigenvalue weighted by Crippen LogP contribution is -2.18. The third-order valence-corrected chi connectivity index (χ3v) is 4.26. The molecule has 0 N–H and O–H groups in total. The van der Waals surface area contributed by atoms with Crippen LogP contribution in [-0.2, 0) is 0 Å². The molecule has 4 heteroatoms. The van der Waals surface area contributed by atoms with Crippen molar-refractivity contribution in [2.24, 2.45) is 0 Å². The molecule has 0 aliphatic heterocycles. The maximum atomic E-state index is 12.6. The molecule has 2 heterocycles. The largest absolute Gasteiger partial charge is 0.272 e. The van der Waals surface area contributed by atoms with Crippen molar-refractivity contribution >= 4 is 17.4 Å². The van der Waals surface area contributed by atoms with Crippen molar-refractivity contribution in [3.05, 3.63) is 70.3 Å². The Balaban J connectivity index is 2.17. The fourth-order valence-electron chi connectivity index (χ4n) is 2.06. The van der Waals surface area contributed by atoms with Crippen molar-refractivity contribution < 1.29 is 0 Å². The Morgan fingerprint density at radius 1 is 1.10 bits per heavy atom. The van der Waals surface area contributed by atoms with Crippen molar-refractivity contribution in [1.82, 2.24) is 9.38 Å². The van der Waals surface area contributed by atoms with Crippen LogP contribution >= 0.6 is 11.8 Å². The smallest absolute Gasteiger partial charge is 0.268 e. The van der Waals surface area contributed by atoms with Crippen LogP contribution in [0.1, 0.15) is 11.3 Å². The molecule has 0 aliphatic carbocycles. The van der Waals surface area contributed by atoms with E-state index in [9.17, 15) is 4.79 Å². The second kappa shape index (κ2) is 5.13. The van der Waals surface area contributed by atoms with Crippen LogP contribution in [0.5, 0.6) is 0 Å². The van der Waals surface area contributed by atoms with Gasteiger partial charge in [-0.05, 0) is 43.7 Å². The minimum Gasteiger partial charge on any atom is -0.268 e. The molecule has 0 bridgehead atoms. The minimum atomic E-state index is -0.0126. The molecule has 0 spiro atoms. The first-order valence-corrected chi connectivity index (χ1v) is 7.19. The average molecular weight is 282 g/mol. The van der Waals surface area contributed by atoms with Gasteiger partial charge in [0.25, 0.3) is 5.56 Å². The molecule has 0 unspecified atom stereocenters. The van der Waals surface area contributed by atoms with Gasteiger partial charge in [0.15, 0.2) is 0 Å². The molecule has 0 aliphatic rings. The number of aryl methyl sites for hydroxylation is 2. The van der Waals surface area contributed by atoms with E-state index in [-0.39, 0.29) is 5.56 Å². The van der Waals surface area contributed by atoms with E-state index in [1.807, 2.05) is 56.3 Å². The quantitative estimate of drug-likeness (QED) is 0.722. The van der Waals surface area contributed by atoms with Crippen molar-refractivity contribution in [3.63, 3.8) is 0 Å². The fraction of sp³-hybridized carbons (Fsp3) is 0.125. The zero-order valence-corrected chi connectivity index (χ0v) is 12.1. The molecule has 0 saturated carbocycles. The Kier molecular flexibility index (Phi) is 3.32. The first kappa shape index (κ1) is 12.9. The Morgan fingerprint density at radius 2 is 1.85 bits per heavy atom. The van der Waals surface area contributed by atoms with Gasteiger partial charge in [0.2, 0.25) is 0 Å². The third-order valence-electron chi connectivity index (χ3n) is 3.08. The van der Waals surface area contributed by atoms with Gasteiger partial charge >= 0.3 is 0 Å². The molecule has 0 saturated heterocycles.